The molecule has 4 rings (SSSR count). The molecular formula is C25H24N4OS2. The van der Waals surface area contributed by atoms with Crippen LogP contribution in [0.1, 0.15) is 17.0 Å². The predicted molar refractivity (Wildman–Crippen MR) is 133 cm³/mol. The summed E-state index contributed by atoms with van der Waals surface area (Å²) in [5, 5.41) is 7.66. The van der Waals surface area contributed by atoms with Gasteiger partial charge in [-0.25, -0.2) is 4.68 Å². The number of aryl methyl sites for hydroxylation is 2. The Morgan fingerprint density at radius 3 is 2.41 bits per heavy atom. The number of nitrogens with zero attached hydrogens (tertiary/aromatic N) is 3. The topological polar surface area (TPSA) is 51.9 Å². The monoisotopic (exact) mass is 460 g/mol. The average molecular weight is 461 g/mol. The van der Waals surface area contributed by atoms with E-state index in [0.29, 0.717) is 10.5 Å². The quantitative estimate of drug-likeness (QED) is 0.273. The third-order valence-electron chi connectivity index (χ3n) is 4.87. The summed E-state index contributed by atoms with van der Waals surface area (Å²) in [6.45, 7) is 4.09. The molecule has 0 aliphatic heterocycles. The van der Waals surface area contributed by atoms with Crippen molar-refractivity contribution in [3.05, 3.63) is 101 Å². The fourth-order valence-electron chi connectivity index (χ4n) is 3.40. The number of rotatable bonds is 7. The number of aromatic nitrogens is 3. The van der Waals surface area contributed by atoms with Crippen LogP contribution in [0.5, 0.6) is 0 Å². The minimum absolute atomic E-state index is 0.0502. The number of carbonyl (C=O) groups excluding carboxylic acids is 1. The summed E-state index contributed by atoms with van der Waals surface area (Å²) in [6.07, 6.45) is 0. The van der Waals surface area contributed by atoms with Gasteiger partial charge in [-0.2, -0.15) is 5.10 Å². The molecule has 5 nitrogen and oxygen atoms in total. The highest BCUT2D eigenvalue weighted by Crippen LogP contribution is 2.24. The number of anilines is 1. The second kappa shape index (κ2) is 9.97. The number of amides is 1. The molecule has 0 bridgehead atoms. The Balaban J connectivity index is 1.62. The molecule has 1 heterocycles. The maximum absolute atomic E-state index is 12.7. The van der Waals surface area contributed by atoms with Gasteiger partial charge in [-0.3, -0.25) is 9.36 Å². The van der Waals surface area contributed by atoms with E-state index in [1.165, 1.54) is 0 Å². The van der Waals surface area contributed by atoms with Crippen LogP contribution in [0.4, 0.5) is 5.69 Å². The minimum atomic E-state index is -0.164. The summed E-state index contributed by atoms with van der Waals surface area (Å²) in [6, 6.07) is 26.0. The predicted octanol–water partition coefficient (Wildman–Crippen LogP) is 5.95. The molecule has 0 unspecified atom stereocenters. The molecule has 0 atom stereocenters. The molecule has 3 aromatic carbocycles. The van der Waals surface area contributed by atoms with Gasteiger partial charge in [-0.15, -0.1) is 11.8 Å². The number of nitrogens with one attached hydrogen (secondary N) is 1. The smallest absolute Gasteiger partial charge is 0.246 e. The molecule has 32 heavy (non-hydrogen) atoms. The summed E-state index contributed by atoms with van der Waals surface area (Å²) in [4.78, 5) is 13.9. The van der Waals surface area contributed by atoms with Crippen molar-refractivity contribution < 1.29 is 4.79 Å². The van der Waals surface area contributed by atoms with Crippen molar-refractivity contribution in [3.8, 4) is 5.69 Å². The summed E-state index contributed by atoms with van der Waals surface area (Å²) in [5.41, 5.74) is 3.93. The lowest BCUT2D eigenvalue weighted by Gasteiger charge is -2.08. The number of hydrogen-bond acceptors (Lipinski definition) is 4. The van der Waals surface area contributed by atoms with E-state index in [4.69, 9.17) is 17.3 Å². The SMILES string of the molecule is Cc1cccc(NC(=O)Cn2nc(CSc3ccccc3)n(-c3cccc(C)c3)c2=S)c1. The van der Waals surface area contributed by atoms with Crippen LogP contribution in [-0.4, -0.2) is 20.3 Å². The van der Waals surface area contributed by atoms with Crippen molar-refractivity contribution in [1.29, 1.82) is 0 Å². The van der Waals surface area contributed by atoms with E-state index in [1.807, 2.05) is 79.1 Å². The molecule has 0 spiro atoms. The first-order valence-corrected chi connectivity index (χ1v) is 11.7. The summed E-state index contributed by atoms with van der Waals surface area (Å²) < 4.78 is 4.06. The van der Waals surface area contributed by atoms with Gasteiger partial charge in [0.25, 0.3) is 0 Å². The van der Waals surface area contributed by atoms with E-state index in [9.17, 15) is 4.79 Å². The van der Waals surface area contributed by atoms with Gasteiger partial charge in [-0.05, 0) is 73.6 Å². The molecule has 0 saturated carbocycles. The molecule has 0 saturated heterocycles. The van der Waals surface area contributed by atoms with Gasteiger partial charge in [0.2, 0.25) is 10.7 Å². The minimum Gasteiger partial charge on any atom is -0.324 e. The molecule has 0 fully saturated rings. The van der Waals surface area contributed by atoms with E-state index in [1.54, 1.807) is 16.4 Å². The fourth-order valence-corrected chi connectivity index (χ4v) is 4.55. The second-order valence-electron chi connectivity index (χ2n) is 7.55. The lowest BCUT2D eigenvalue weighted by atomic mass is 10.2. The fraction of sp³-hybridized carbons (Fsp3) is 0.160. The van der Waals surface area contributed by atoms with Crippen molar-refractivity contribution in [3.63, 3.8) is 0 Å². The number of carbonyl (C=O) groups is 1. The van der Waals surface area contributed by atoms with Crippen molar-refractivity contribution in [1.82, 2.24) is 14.3 Å². The van der Waals surface area contributed by atoms with Gasteiger partial charge in [0.15, 0.2) is 0 Å². The zero-order valence-electron chi connectivity index (χ0n) is 18.0. The highest BCUT2D eigenvalue weighted by molar-refractivity contribution is 7.98. The lowest BCUT2D eigenvalue weighted by molar-refractivity contribution is -0.116. The molecular weight excluding hydrogens is 436 g/mol. The van der Waals surface area contributed by atoms with Crippen LogP contribution in [0.25, 0.3) is 5.69 Å². The summed E-state index contributed by atoms with van der Waals surface area (Å²) >= 11 is 7.44. The number of hydrogen-bond donors (Lipinski definition) is 1. The molecule has 4 aromatic rings. The Kier molecular flexibility index (Phi) is 6.87. The van der Waals surface area contributed by atoms with Crippen LogP contribution in [0.2, 0.25) is 0 Å². The number of benzene rings is 3. The first-order chi connectivity index (χ1) is 15.5. The Morgan fingerprint density at radius 2 is 1.69 bits per heavy atom. The Labute approximate surface area is 197 Å². The van der Waals surface area contributed by atoms with Crippen LogP contribution in [0.3, 0.4) is 0 Å². The summed E-state index contributed by atoms with van der Waals surface area (Å²) in [5.74, 6) is 1.27. The highest BCUT2D eigenvalue weighted by atomic mass is 32.2. The van der Waals surface area contributed by atoms with E-state index in [0.717, 1.165) is 33.2 Å². The van der Waals surface area contributed by atoms with Crippen LogP contribution in [0, 0.1) is 18.6 Å². The molecule has 1 N–H and O–H groups in total. The van der Waals surface area contributed by atoms with E-state index < -0.39 is 0 Å². The molecule has 7 heteroatoms. The molecule has 0 aliphatic rings. The van der Waals surface area contributed by atoms with Gasteiger partial charge >= 0.3 is 0 Å². The Hall–Kier alpha value is -3.16. The van der Waals surface area contributed by atoms with Crippen molar-refractivity contribution in [2.24, 2.45) is 0 Å². The third-order valence-corrected chi connectivity index (χ3v) is 6.27. The Morgan fingerprint density at radius 1 is 0.969 bits per heavy atom. The van der Waals surface area contributed by atoms with Gasteiger partial charge in [-0.1, -0.05) is 42.5 Å². The lowest BCUT2D eigenvalue weighted by Crippen LogP contribution is -2.20. The van der Waals surface area contributed by atoms with Gasteiger partial charge in [0, 0.05) is 16.3 Å². The standard InChI is InChI=1S/C25H24N4OS2/c1-18-8-6-10-20(14-18)26-24(30)16-28-25(31)29(21-11-7-9-19(2)15-21)23(27-28)17-32-22-12-4-3-5-13-22/h3-15H,16-17H2,1-2H3,(H,26,30). The van der Waals surface area contributed by atoms with Crippen LogP contribution < -0.4 is 5.32 Å². The van der Waals surface area contributed by atoms with Crippen LogP contribution >= 0.6 is 24.0 Å². The zero-order valence-corrected chi connectivity index (χ0v) is 19.6. The van der Waals surface area contributed by atoms with E-state index >= 15 is 0 Å². The summed E-state index contributed by atoms with van der Waals surface area (Å²) in [7, 11) is 0. The first-order valence-electron chi connectivity index (χ1n) is 10.3. The van der Waals surface area contributed by atoms with E-state index in [2.05, 4.69) is 23.5 Å². The first kappa shape index (κ1) is 22.0. The largest absolute Gasteiger partial charge is 0.324 e. The normalized spacial score (nSPS) is 10.8. The second-order valence-corrected chi connectivity index (χ2v) is 8.96. The van der Waals surface area contributed by atoms with Crippen LogP contribution in [0.15, 0.2) is 83.8 Å². The molecule has 0 radical (unpaired) electrons. The van der Waals surface area contributed by atoms with Crippen molar-refractivity contribution in [2.75, 3.05) is 5.32 Å². The molecule has 162 valence electrons. The highest BCUT2D eigenvalue weighted by Gasteiger charge is 2.15. The van der Waals surface area contributed by atoms with Gasteiger partial charge in [0.1, 0.15) is 12.4 Å². The maximum atomic E-state index is 12.7. The maximum Gasteiger partial charge on any atom is 0.246 e. The van der Waals surface area contributed by atoms with Gasteiger partial charge in [0.05, 0.1) is 5.75 Å². The zero-order chi connectivity index (χ0) is 22.5. The van der Waals surface area contributed by atoms with Crippen LogP contribution in [-0.2, 0) is 17.1 Å². The Bertz CT molecular complexity index is 1290. The molecule has 0 aliphatic carbocycles. The van der Waals surface area contributed by atoms with Crippen molar-refractivity contribution in [2.45, 2.75) is 31.0 Å². The van der Waals surface area contributed by atoms with E-state index in [-0.39, 0.29) is 12.5 Å². The third kappa shape index (κ3) is 5.36. The molecule has 1 aromatic heterocycles. The average Bonchev–Trinajstić information content (AvgIpc) is 3.08. The molecule has 1 amide bonds. The number of thioether (sulfide) groups is 1. The van der Waals surface area contributed by atoms with Gasteiger partial charge < -0.3 is 5.32 Å². The van der Waals surface area contributed by atoms with Crippen molar-refractivity contribution >= 4 is 35.6 Å².